The van der Waals surface area contributed by atoms with Crippen molar-refractivity contribution in [1.29, 1.82) is 0 Å². The predicted molar refractivity (Wildman–Crippen MR) is 85.5 cm³/mol. The van der Waals surface area contributed by atoms with Crippen LogP contribution in [0.1, 0.15) is 16.1 Å². The van der Waals surface area contributed by atoms with Crippen LogP contribution in [-0.4, -0.2) is 10.9 Å². The summed E-state index contributed by atoms with van der Waals surface area (Å²) in [6.45, 7) is 1.76. The highest BCUT2D eigenvalue weighted by Crippen LogP contribution is 2.36. The van der Waals surface area contributed by atoms with E-state index in [2.05, 4.69) is 26.2 Å². The van der Waals surface area contributed by atoms with Crippen molar-refractivity contribution >= 4 is 56.5 Å². The molecule has 1 amide bonds. The highest BCUT2D eigenvalue weighted by molar-refractivity contribution is 9.10. The number of carbonyl (C=O) groups is 1. The molecule has 0 aliphatic rings. The average Bonchev–Trinajstić information content (AvgIpc) is 2.38. The van der Waals surface area contributed by atoms with Gasteiger partial charge in [-0.2, -0.15) is 0 Å². The third kappa shape index (κ3) is 3.23. The number of carbonyl (C=O) groups excluding carboxylic acids is 1. The number of pyridine rings is 1. The Labute approximate surface area is 134 Å². The zero-order chi connectivity index (χ0) is 14.9. The number of nitrogen functional groups attached to an aromatic ring is 1. The number of nitrogens with two attached hydrogens (primary N) is 1. The number of halogens is 3. The van der Waals surface area contributed by atoms with Crippen molar-refractivity contribution < 1.29 is 4.79 Å². The minimum absolute atomic E-state index is 0.271. The van der Waals surface area contributed by atoms with Crippen molar-refractivity contribution in [3.63, 3.8) is 0 Å². The van der Waals surface area contributed by atoms with Gasteiger partial charge in [-0.25, -0.2) is 4.98 Å². The van der Waals surface area contributed by atoms with Crippen molar-refractivity contribution in [2.45, 2.75) is 6.92 Å². The minimum atomic E-state index is -0.331. The number of anilines is 2. The molecule has 0 saturated carbocycles. The van der Waals surface area contributed by atoms with E-state index in [9.17, 15) is 4.79 Å². The normalized spacial score (nSPS) is 10.4. The number of nitrogens with zero attached hydrogens (tertiary/aromatic N) is 1. The Bertz CT molecular complexity index is 671. The Kier molecular flexibility index (Phi) is 4.52. The maximum atomic E-state index is 12.2. The number of rotatable bonds is 2. The topological polar surface area (TPSA) is 68.0 Å². The van der Waals surface area contributed by atoms with Gasteiger partial charge < -0.3 is 11.1 Å². The molecular formula is C13H10BrCl2N3O. The lowest BCUT2D eigenvalue weighted by atomic mass is 10.2. The van der Waals surface area contributed by atoms with Crippen LogP contribution in [0, 0.1) is 6.92 Å². The summed E-state index contributed by atoms with van der Waals surface area (Å²) < 4.78 is 0.658. The average molecular weight is 375 g/mol. The van der Waals surface area contributed by atoms with E-state index < -0.39 is 0 Å². The van der Waals surface area contributed by atoms with Gasteiger partial charge in [0.2, 0.25) is 0 Å². The van der Waals surface area contributed by atoms with Crippen LogP contribution < -0.4 is 11.1 Å². The van der Waals surface area contributed by atoms with Crippen LogP contribution >= 0.6 is 39.1 Å². The summed E-state index contributed by atoms with van der Waals surface area (Å²) in [5.74, 6) is -0.0439. The second kappa shape index (κ2) is 5.99. The highest BCUT2D eigenvalue weighted by Gasteiger charge is 2.13. The van der Waals surface area contributed by atoms with Crippen LogP contribution in [0.4, 0.5) is 11.5 Å². The molecule has 0 unspecified atom stereocenters. The van der Waals surface area contributed by atoms with Crippen LogP contribution in [0.15, 0.2) is 28.7 Å². The summed E-state index contributed by atoms with van der Waals surface area (Å²) in [6.07, 6.45) is 0. The van der Waals surface area contributed by atoms with Crippen LogP contribution in [-0.2, 0) is 0 Å². The first-order chi connectivity index (χ1) is 9.38. The molecule has 3 N–H and O–H groups in total. The molecule has 0 spiro atoms. The monoisotopic (exact) mass is 373 g/mol. The SMILES string of the molecule is Cc1cc(C(=O)Nc2ccc(Br)c(Cl)c2Cl)cc(N)n1. The maximum Gasteiger partial charge on any atom is 0.255 e. The standard InChI is InChI=1S/C13H10BrCl2N3O/c1-6-4-7(5-10(17)18-6)13(20)19-9-3-2-8(14)11(15)12(9)16/h2-5H,1H3,(H2,17,18)(H,19,20). The van der Waals surface area contributed by atoms with Crippen LogP contribution in [0.2, 0.25) is 10.0 Å². The molecule has 0 radical (unpaired) electrons. The molecule has 0 aliphatic heterocycles. The molecular weight excluding hydrogens is 365 g/mol. The van der Waals surface area contributed by atoms with Crippen molar-refractivity contribution in [3.05, 3.63) is 50.0 Å². The fourth-order valence-corrected chi connectivity index (χ4v) is 2.46. The molecule has 104 valence electrons. The van der Waals surface area contributed by atoms with Gasteiger partial charge in [0, 0.05) is 15.7 Å². The van der Waals surface area contributed by atoms with Gasteiger partial charge in [-0.1, -0.05) is 23.2 Å². The molecule has 0 atom stereocenters. The van der Waals surface area contributed by atoms with E-state index in [1.54, 1.807) is 25.1 Å². The fourth-order valence-electron chi connectivity index (χ4n) is 1.64. The Hall–Kier alpha value is -1.30. The third-order valence-electron chi connectivity index (χ3n) is 2.52. The Morgan fingerprint density at radius 2 is 2.00 bits per heavy atom. The smallest absolute Gasteiger partial charge is 0.255 e. The lowest BCUT2D eigenvalue weighted by Crippen LogP contribution is -2.13. The first-order valence-electron chi connectivity index (χ1n) is 5.57. The molecule has 1 aromatic heterocycles. The van der Waals surface area contributed by atoms with Crippen molar-refractivity contribution in [3.8, 4) is 0 Å². The number of benzene rings is 1. The number of nitrogens with one attached hydrogen (secondary N) is 1. The van der Waals surface area contributed by atoms with Gasteiger partial charge in [-0.15, -0.1) is 0 Å². The number of aromatic nitrogens is 1. The minimum Gasteiger partial charge on any atom is -0.384 e. The van der Waals surface area contributed by atoms with E-state index in [0.717, 1.165) is 0 Å². The summed E-state index contributed by atoms with van der Waals surface area (Å²) in [4.78, 5) is 16.2. The van der Waals surface area contributed by atoms with Gasteiger partial charge in [0.05, 0.1) is 15.7 Å². The summed E-state index contributed by atoms with van der Waals surface area (Å²) in [6, 6.07) is 6.50. The predicted octanol–water partition coefficient (Wildman–Crippen LogP) is 4.29. The number of aryl methyl sites for hydroxylation is 1. The molecule has 0 bridgehead atoms. The van der Waals surface area contributed by atoms with Gasteiger partial charge in [-0.05, 0) is 47.1 Å². The van der Waals surface area contributed by atoms with Gasteiger partial charge in [0.25, 0.3) is 5.91 Å². The molecule has 7 heteroatoms. The molecule has 0 aliphatic carbocycles. The second-order valence-electron chi connectivity index (χ2n) is 4.10. The Balaban J connectivity index is 2.30. The zero-order valence-electron chi connectivity index (χ0n) is 10.4. The maximum absolute atomic E-state index is 12.2. The molecule has 0 fully saturated rings. The van der Waals surface area contributed by atoms with Crippen molar-refractivity contribution in [1.82, 2.24) is 4.98 Å². The first kappa shape index (κ1) is 15.1. The van der Waals surface area contributed by atoms with E-state index in [1.165, 1.54) is 6.07 Å². The number of hydrogen-bond acceptors (Lipinski definition) is 3. The molecule has 4 nitrogen and oxygen atoms in total. The largest absolute Gasteiger partial charge is 0.384 e. The van der Waals surface area contributed by atoms with E-state index in [4.69, 9.17) is 28.9 Å². The zero-order valence-corrected chi connectivity index (χ0v) is 13.5. The Morgan fingerprint density at radius 3 is 2.65 bits per heavy atom. The van der Waals surface area contributed by atoms with E-state index >= 15 is 0 Å². The second-order valence-corrected chi connectivity index (χ2v) is 5.71. The van der Waals surface area contributed by atoms with E-state index in [-0.39, 0.29) is 16.7 Å². The summed E-state index contributed by atoms with van der Waals surface area (Å²) in [7, 11) is 0. The fraction of sp³-hybridized carbons (Fsp3) is 0.0769. The third-order valence-corrected chi connectivity index (χ3v) is 4.29. The van der Waals surface area contributed by atoms with Gasteiger partial charge in [-0.3, -0.25) is 4.79 Å². The van der Waals surface area contributed by atoms with Gasteiger partial charge in [0.1, 0.15) is 5.82 Å². The first-order valence-corrected chi connectivity index (χ1v) is 7.12. The quantitative estimate of drug-likeness (QED) is 0.770. The molecule has 2 rings (SSSR count). The van der Waals surface area contributed by atoms with E-state index in [1.807, 2.05) is 0 Å². The highest BCUT2D eigenvalue weighted by atomic mass is 79.9. The van der Waals surface area contributed by atoms with Crippen molar-refractivity contribution in [2.24, 2.45) is 0 Å². The molecule has 20 heavy (non-hydrogen) atoms. The molecule has 2 aromatic rings. The number of hydrogen-bond donors (Lipinski definition) is 2. The van der Waals surface area contributed by atoms with Gasteiger partial charge >= 0.3 is 0 Å². The summed E-state index contributed by atoms with van der Waals surface area (Å²) in [5, 5.41) is 3.30. The molecule has 1 aromatic carbocycles. The van der Waals surface area contributed by atoms with Crippen LogP contribution in [0.3, 0.4) is 0 Å². The Morgan fingerprint density at radius 1 is 1.30 bits per heavy atom. The lowest BCUT2D eigenvalue weighted by molar-refractivity contribution is 0.102. The van der Waals surface area contributed by atoms with Crippen molar-refractivity contribution in [2.75, 3.05) is 11.1 Å². The molecule has 0 saturated heterocycles. The molecule has 1 heterocycles. The lowest BCUT2D eigenvalue weighted by Gasteiger charge is -2.10. The number of amides is 1. The summed E-state index contributed by atoms with van der Waals surface area (Å²) in [5.41, 5.74) is 7.12. The van der Waals surface area contributed by atoms with Gasteiger partial charge in [0.15, 0.2) is 0 Å². The van der Waals surface area contributed by atoms with Crippen LogP contribution in [0.5, 0.6) is 0 Å². The van der Waals surface area contributed by atoms with Crippen LogP contribution in [0.25, 0.3) is 0 Å². The van der Waals surface area contributed by atoms with E-state index in [0.29, 0.717) is 26.4 Å². The summed E-state index contributed by atoms with van der Waals surface area (Å²) >= 11 is 15.3.